The van der Waals surface area contributed by atoms with E-state index in [0.29, 0.717) is 0 Å². The number of halogens is 1. The first-order valence-corrected chi connectivity index (χ1v) is 7.76. The zero-order valence-corrected chi connectivity index (χ0v) is 13.4. The number of hydrogen-bond acceptors (Lipinski definition) is 2. The molecule has 3 heteroatoms. The van der Waals surface area contributed by atoms with E-state index in [4.69, 9.17) is 5.84 Å². The molecular weight excluding hydrogens is 312 g/mol. The fourth-order valence-corrected chi connectivity index (χ4v) is 2.63. The maximum Gasteiger partial charge on any atom is 0.0460 e. The van der Waals surface area contributed by atoms with Gasteiger partial charge in [0, 0.05) is 10.5 Å². The molecule has 0 saturated heterocycles. The van der Waals surface area contributed by atoms with Gasteiger partial charge in [0.15, 0.2) is 0 Å². The van der Waals surface area contributed by atoms with E-state index in [1.807, 2.05) is 0 Å². The summed E-state index contributed by atoms with van der Waals surface area (Å²) in [5.41, 5.74) is 6.81. The van der Waals surface area contributed by atoms with Gasteiger partial charge >= 0.3 is 0 Å². The van der Waals surface area contributed by atoms with E-state index in [1.54, 1.807) is 0 Å². The molecule has 0 amide bonds. The Hall–Kier alpha value is -1.16. The van der Waals surface area contributed by atoms with Gasteiger partial charge in [0.1, 0.15) is 0 Å². The van der Waals surface area contributed by atoms with Gasteiger partial charge in [-0.2, -0.15) is 0 Å². The monoisotopic (exact) mass is 332 g/mol. The van der Waals surface area contributed by atoms with Crippen molar-refractivity contribution in [2.24, 2.45) is 5.84 Å². The van der Waals surface area contributed by atoms with Crippen molar-refractivity contribution < 1.29 is 0 Å². The van der Waals surface area contributed by atoms with Gasteiger partial charge in [-0.3, -0.25) is 11.3 Å². The summed E-state index contributed by atoms with van der Waals surface area (Å²) in [5, 5.41) is 0. The van der Waals surface area contributed by atoms with Gasteiger partial charge in [-0.05, 0) is 48.9 Å². The van der Waals surface area contributed by atoms with Crippen LogP contribution in [0.5, 0.6) is 0 Å². The van der Waals surface area contributed by atoms with Crippen LogP contribution in [0, 0.1) is 6.92 Å². The Bertz CT molecular complexity index is 540. The molecular formula is C17H21BrN2. The molecule has 0 aliphatic rings. The third kappa shape index (κ3) is 4.17. The molecule has 0 radical (unpaired) electrons. The van der Waals surface area contributed by atoms with Gasteiger partial charge in [0.05, 0.1) is 0 Å². The molecule has 0 bridgehead atoms. The summed E-state index contributed by atoms with van der Waals surface area (Å²) in [6.45, 7) is 2.10. The standard InChI is InChI=1S/C17H21BrN2/c1-13-12-15(10-11-16(13)18)17(20-19)9-5-8-14-6-3-2-4-7-14/h2-4,6-7,10-12,17,20H,5,8-9,19H2,1H3. The molecule has 0 saturated carbocycles. The van der Waals surface area contributed by atoms with Crippen LogP contribution in [-0.4, -0.2) is 0 Å². The van der Waals surface area contributed by atoms with Crippen LogP contribution in [0.4, 0.5) is 0 Å². The van der Waals surface area contributed by atoms with Crippen LogP contribution in [0.3, 0.4) is 0 Å². The second-order valence-corrected chi connectivity index (χ2v) is 5.96. The molecule has 2 rings (SSSR count). The van der Waals surface area contributed by atoms with Crippen molar-refractivity contribution in [2.45, 2.75) is 32.2 Å². The van der Waals surface area contributed by atoms with Crippen LogP contribution in [0.15, 0.2) is 53.0 Å². The first-order valence-electron chi connectivity index (χ1n) is 6.97. The van der Waals surface area contributed by atoms with E-state index >= 15 is 0 Å². The molecule has 106 valence electrons. The molecule has 0 aliphatic carbocycles. The normalized spacial score (nSPS) is 12.3. The van der Waals surface area contributed by atoms with Crippen molar-refractivity contribution in [1.82, 2.24) is 5.43 Å². The first-order chi connectivity index (χ1) is 9.70. The molecule has 1 atom stereocenters. The maximum absolute atomic E-state index is 5.71. The van der Waals surface area contributed by atoms with Crippen molar-refractivity contribution in [1.29, 1.82) is 0 Å². The summed E-state index contributed by atoms with van der Waals surface area (Å²) in [6, 6.07) is 17.2. The topological polar surface area (TPSA) is 38.0 Å². The summed E-state index contributed by atoms with van der Waals surface area (Å²) < 4.78 is 1.14. The molecule has 2 aromatic rings. The van der Waals surface area contributed by atoms with Gasteiger partial charge < -0.3 is 0 Å². The molecule has 1 unspecified atom stereocenters. The van der Waals surface area contributed by atoms with E-state index in [-0.39, 0.29) is 6.04 Å². The van der Waals surface area contributed by atoms with Crippen LogP contribution >= 0.6 is 15.9 Å². The molecule has 0 aliphatic heterocycles. The Morgan fingerprint density at radius 2 is 1.90 bits per heavy atom. The van der Waals surface area contributed by atoms with Crippen LogP contribution in [0.1, 0.15) is 35.6 Å². The number of hydrogen-bond donors (Lipinski definition) is 2. The molecule has 0 aromatic heterocycles. The summed E-state index contributed by atoms with van der Waals surface area (Å²) in [4.78, 5) is 0. The van der Waals surface area contributed by atoms with Crippen molar-refractivity contribution in [3.05, 3.63) is 69.7 Å². The van der Waals surface area contributed by atoms with Crippen LogP contribution in [0.2, 0.25) is 0 Å². The zero-order valence-electron chi connectivity index (χ0n) is 11.8. The lowest BCUT2D eigenvalue weighted by Crippen LogP contribution is -2.28. The lowest BCUT2D eigenvalue weighted by molar-refractivity contribution is 0.498. The highest BCUT2D eigenvalue weighted by Gasteiger charge is 2.10. The van der Waals surface area contributed by atoms with Crippen LogP contribution < -0.4 is 11.3 Å². The molecule has 0 fully saturated rings. The number of hydrazine groups is 1. The fraction of sp³-hybridized carbons (Fsp3) is 0.294. The lowest BCUT2D eigenvalue weighted by atomic mass is 9.98. The second-order valence-electron chi connectivity index (χ2n) is 5.11. The molecule has 0 spiro atoms. The van der Waals surface area contributed by atoms with Crippen LogP contribution in [0.25, 0.3) is 0 Å². The quantitative estimate of drug-likeness (QED) is 0.611. The number of nitrogens with one attached hydrogen (secondary N) is 1. The maximum atomic E-state index is 5.71. The summed E-state index contributed by atoms with van der Waals surface area (Å²) >= 11 is 3.53. The van der Waals surface area contributed by atoms with E-state index < -0.39 is 0 Å². The van der Waals surface area contributed by atoms with Crippen LogP contribution in [-0.2, 0) is 6.42 Å². The zero-order chi connectivity index (χ0) is 14.4. The molecule has 0 heterocycles. The third-order valence-corrected chi connectivity index (χ3v) is 4.48. The van der Waals surface area contributed by atoms with Crippen molar-refractivity contribution in [3.63, 3.8) is 0 Å². The largest absolute Gasteiger partial charge is 0.271 e. The van der Waals surface area contributed by atoms with Gasteiger partial charge in [0.25, 0.3) is 0 Å². The SMILES string of the molecule is Cc1cc(C(CCCc2ccccc2)NN)ccc1Br. The van der Waals surface area contributed by atoms with Gasteiger partial charge in [-0.25, -0.2) is 0 Å². The Morgan fingerprint density at radius 3 is 2.55 bits per heavy atom. The Labute approximate surface area is 129 Å². The van der Waals surface area contributed by atoms with Crippen molar-refractivity contribution >= 4 is 15.9 Å². The Morgan fingerprint density at radius 1 is 1.15 bits per heavy atom. The van der Waals surface area contributed by atoms with E-state index in [9.17, 15) is 0 Å². The molecule has 3 N–H and O–H groups in total. The number of nitrogens with two attached hydrogens (primary N) is 1. The van der Waals surface area contributed by atoms with E-state index in [0.717, 1.165) is 23.7 Å². The molecule has 2 aromatic carbocycles. The van der Waals surface area contributed by atoms with Gasteiger partial charge in [-0.1, -0.05) is 58.4 Å². The highest BCUT2D eigenvalue weighted by molar-refractivity contribution is 9.10. The third-order valence-electron chi connectivity index (χ3n) is 3.59. The Balaban J connectivity index is 1.93. The highest BCUT2D eigenvalue weighted by atomic mass is 79.9. The van der Waals surface area contributed by atoms with Crippen molar-refractivity contribution in [3.8, 4) is 0 Å². The van der Waals surface area contributed by atoms with Crippen molar-refractivity contribution in [2.75, 3.05) is 0 Å². The summed E-state index contributed by atoms with van der Waals surface area (Å²) in [7, 11) is 0. The van der Waals surface area contributed by atoms with Gasteiger partial charge in [0.2, 0.25) is 0 Å². The Kier molecular flexibility index (Phi) is 5.77. The minimum Gasteiger partial charge on any atom is -0.271 e. The van der Waals surface area contributed by atoms with E-state index in [2.05, 4.69) is 76.8 Å². The minimum atomic E-state index is 0.213. The molecule has 20 heavy (non-hydrogen) atoms. The minimum absolute atomic E-state index is 0.213. The average Bonchev–Trinajstić information content (AvgIpc) is 2.48. The highest BCUT2D eigenvalue weighted by Crippen LogP contribution is 2.24. The predicted molar refractivity (Wildman–Crippen MR) is 88.3 cm³/mol. The summed E-state index contributed by atoms with van der Waals surface area (Å²) in [5.74, 6) is 5.71. The number of rotatable bonds is 6. The van der Waals surface area contributed by atoms with Gasteiger partial charge in [-0.15, -0.1) is 0 Å². The number of aryl methyl sites for hydroxylation is 2. The smallest absolute Gasteiger partial charge is 0.0460 e. The second kappa shape index (κ2) is 7.58. The summed E-state index contributed by atoms with van der Waals surface area (Å²) in [6.07, 6.45) is 3.25. The number of benzene rings is 2. The fourth-order valence-electron chi connectivity index (χ4n) is 2.39. The average molecular weight is 333 g/mol. The lowest BCUT2D eigenvalue weighted by Gasteiger charge is -2.17. The molecule has 2 nitrogen and oxygen atoms in total. The predicted octanol–water partition coefficient (Wildman–Crippen LogP) is 4.28. The first kappa shape index (κ1) is 15.2. The van der Waals surface area contributed by atoms with E-state index in [1.165, 1.54) is 16.7 Å².